The van der Waals surface area contributed by atoms with E-state index >= 15 is 0 Å². The summed E-state index contributed by atoms with van der Waals surface area (Å²) in [5, 5.41) is 13.9. The monoisotopic (exact) mass is 267 g/mol. The van der Waals surface area contributed by atoms with E-state index in [4.69, 9.17) is 0 Å². The topological polar surface area (TPSA) is 94.4 Å². The fourth-order valence-electron chi connectivity index (χ4n) is 1.66. The molecule has 0 aliphatic heterocycles. The van der Waals surface area contributed by atoms with E-state index in [9.17, 15) is 14.9 Å². The van der Waals surface area contributed by atoms with Gasteiger partial charge in [-0.2, -0.15) is 0 Å². The molecule has 1 heterocycles. The van der Waals surface area contributed by atoms with Crippen LogP contribution in [0.2, 0.25) is 0 Å². The molecule has 0 fully saturated rings. The Balaban J connectivity index is 3.08. The van der Waals surface area contributed by atoms with Gasteiger partial charge in [0.1, 0.15) is 0 Å². The molecule has 0 aliphatic carbocycles. The quantitative estimate of drug-likeness (QED) is 0.483. The van der Waals surface area contributed by atoms with Gasteiger partial charge < -0.3 is 10.1 Å². The summed E-state index contributed by atoms with van der Waals surface area (Å²) in [6.45, 7) is 3.92. The maximum absolute atomic E-state index is 11.4. The Morgan fingerprint density at radius 2 is 2.26 bits per heavy atom. The van der Waals surface area contributed by atoms with Crippen molar-refractivity contribution in [2.75, 3.05) is 12.4 Å². The lowest BCUT2D eigenvalue weighted by Gasteiger charge is -2.13. The molecule has 104 valence electrons. The van der Waals surface area contributed by atoms with Crippen LogP contribution in [0.4, 0.5) is 11.5 Å². The van der Waals surface area contributed by atoms with Crippen molar-refractivity contribution in [3.63, 3.8) is 0 Å². The summed E-state index contributed by atoms with van der Waals surface area (Å²) in [5.74, 6) is -0.532. The number of nitro groups is 1. The third kappa shape index (κ3) is 3.90. The smallest absolute Gasteiger partial charge is 0.356 e. The number of carbonyl (C=O) groups excluding carboxylic acids is 1. The number of aromatic nitrogens is 1. The van der Waals surface area contributed by atoms with Crippen LogP contribution in [-0.4, -0.2) is 29.0 Å². The number of ether oxygens (including phenoxy) is 1. The number of pyridine rings is 1. The fourth-order valence-corrected chi connectivity index (χ4v) is 1.66. The average molecular weight is 267 g/mol. The van der Waals surface area contributed by atoms with Gasteiger partial charge in [0.2, 0.25) is 5.82 Å². The van der Waals surface area contributed by atoms with E-state index in [1.807, 2.05) is 13.8 Å². The molecular formula is C12H17N3O4. The summed E-state index contributed by atoms with van der Waals surface area (Å²) in [6, 6.07) is 2.56. The van der Waals surface area contributed by atoms with Crippen molar-refractivity contribution in [2.45, 2.75) is 32.7 Å². The van der Waals surface area contributed by atoms with Gasteiger partial charge in [0.05, 0.1) is 12.0 Å². The minimum absolute atomic E-state index is 0.0316. The van der Waals surface area contributed by atoms with Crippen molar-refractivity contribution in [3.8, 4) is 0 Å². The standard InChI is InChI=1S/C12H17N3O4/c1-4-5-8(2)13-11-10(15(17)18)7-6-9(14-11)12(16)19-3/h6-8H,4-5H2,1-3H3,(H,13,14). The van der Waals surface area contributed by atoms with Gasteiger partial charge in [-0.3, -0.25) is 10.1 Å². The van der Waals surface area contributed by atoms with Gasteiger partial charge in [-0.15, -0.1) is 0 Å². The van der Waals surface area contributed by atoms with Gasteiger partial charge in [-0.1, -0.05) is 13.3 Å². The number of nitrogens with zero attached hydrogens (tertiary/aromatic N) is 2. The molecule has 0 bridgehead atoms. The van der Waals surface area contributed by atoms with Gasteiger partial charge >= 0.3 is 11.7 Å². The lowest BCUT2D eigenvalue weighted by atomic mass is 10.2. The molecule has 0 saturated heterocycles. The zero-order valence-electron chi connectivity index (χ0n) is 11.2. The van der Waals surface area contributed by atoms with Crippen molar-refractivity contribution in [2.24, 2.45) is 0 Å². The van der Waals surface area contributed by atoms with E-state index in [0.29, 0.717) is 0 Å². The molecule has 1 aromatic rings. The van der Waals surface area contributed by atoms with Crippen molar-refractivity contribution in [1.82, 2.24) is 4.98 Å². The zero-order valence-corrected chi connectivity index (χ0v) is 11.2. The summed E-state index contributed by atoms with van der Waals surface area (Å²) in [5.41, 5.74) is -0.116. The minimum Gasteiger partial charge on any atom is -0.464 e. The molecule has 1 unspecified atom stereocenters. The highest BCUT2D eigenvalue weighted by Crippen LogP contribution is 2.23. The van der Waals surface area contributed by atoms with Crippen LogP contribution in [0.5, 0.6) is 0 Å². The second kappa shape index (κ2) is 6.67. The number of hydrogen-bond donors (Lipinski definition) is 1. The van der Waals surface area contributed by atoms with Crippen LogP contribution in [0.25, 0.3) is 0 Å². The maximum Gasteiger partial charge on any atom is 0.356 e. The second-order valence-corrected chi connectivity index (χ2v) is 4.15. The van der Waals surface area contributed by atoms with Crippen molar-refractivity contribution in [3.05, 3.63) is 27.9 Å². The Bertz CT molecular complexity index is 476. The Morgan fingerprint density at radius 1 is 1.58 bits per heavy atom. The third-order valence-electron chi connectivity index (χ3n) is 2.57. The van der Waals surface area contributed by atoms with Crippen LogP contribution in [0, 0.1) is 10.1 Å². The second-order valence-electron chi connectivity index (χ2n) is 4.15. The van der Waals surface area contributed by atoms with E-state index in [2.05, 4.69) is 15.0 Å². The minimum atomic E-state index is -0.624. The highest BCUT2D eigenvalue weighted by molar-refractivity contribution is 5.88. The van der Waals surface area contributed by atoms with E-state index in [1.54, 1.807) is 0 Å². The van der Waals surface area contributed by atoms with E-state index in [-0.39, 0.29) is 23.2 Å². The Kier molecular flexibility index (Phi) is 5.23. The molecule has 0 spiro atoms. The highest BCUT2D eigenvalue weighted by Gasteiger charge is 2.20. The fraction of sp³-hybridized carbons (Fsp3) is 0.500. The van der Waals surface area contributed by atoms with Gasteiger partial charge in [0.25, 0.3) is 0 Å². The lowest BCUT2D eigenvalue weighted by molar-refractivity contribution is -0.384. The summed E-state index contributed by atoms with van der Waals surface area (Å²) in [4.78, 5) is 25.7. The third-order valence-corrected chi connectivity index (χ3v) is 2.57. The van der Waals surface area contributed by atoms with Crippen molar-refractivity contribution < 1.29 is 14.5 Å². The molecule has 0 saturated carbocycles. The first-order valence-corrected chi connectivity index (χ1v) is 5.99. The number of hydrogen-bond acceptors (Lipinski definition) is 6. The van der Waals surface area contributed by atoms with E-state index in [0.717, 1.165) is 12.8 Å². The first-order valence-electron chi connectivity index (χ1n) is 5.99. The first kappa shape index (κ1) is 14.9. The number of carbonyl (C=O) groups is 1. The number of esters is 1. The predicted molar refractivity (Wildman–Crippen MR) is 70.2 cm³/mol. The van der Waals surface area contributed by atoms with E-state index in [1.165, 1.54) is 19.2 Å². The molecule has 0 radical (unpaired) electrons. The number of rotatable bonds is 6. The molecule has 7 nitrogen and oxygen atoms in total. The van der Waals surface area contributed by atoms with Crippen LogP contribution in [0.1, 0.15) is 37.2 Å². The zero-order chi connectivity index (χ0) is 14.4. The molecular weight excluding hydrogens is 250 g/mol. The summed E-state index contributed by atoms with van der Waals surface area (Å²) in [6.07, 6.45) is 1.79. The molecule has 0 aromatic carbocycles. The Labute approximate surface area is 111 Å². The molecule has 19 heavy (non-hydrogen) atoms. The molecule has 1 aromatic heterocycles. The van der Waals surface area contributed by atoms with Crippen LogP contribution in [0.3, 0.4) is 0 Å². The van der Waals surface area contributed by atoms with Crippen LogP contribution >= 0.6 is 0 Å². The van der Waals surface area contributed by atoms with Gasteiger partial charge in [0, 0.05) is 12.1 Å². The van der Waals surface area contributed by atoms with Crippen molar-refractivity contribution >= 4 is 17.5 Å². The molecule has 0 aliphatic rings. The number of nitrogens with one attached hydrogen (secondary N) is 1. The predicted octanol–water partition coefficient (Wildman–Crippen LogP) is 2.38. The Morgan fingerprint density at radius 3 is 2.79 bits per heavy atom. The average Bonchev–Trinajstić information content (AvgIpc) is 2.37. The van der Waals surface area contributed by atoms with Crippen LogP contribution in [0.15, 0.2) is 12.1 Å². The van der Waals surface area contributed by atoms with Crippen LogP contribution < -0.4 is 5.32 Å². The maximum atomic E-state index is 11.4. The first-order chi connectivity index (χ1) is 8.99. The molecule has 7 heteroatoms. The molecule has 1 rings (SSSR count). The summed E-state index contributed by atoms with van der Waals surface area (Å²) >= 11 is 0. The lowest BCUT2D eigenvalue weighted by Crippen LogP contribution is -2.18. The highest BCUT2D eigenvalue weighted by atomic mass is 16.6. The Hall–Kier alpha value is -2.18. The largest absolute Gasteiger partial charge is 0.464 e. The van der Waals surface area contributed by atoms with Gasteiger partial charge in [-0.25, -0.2) is 9.78 Å². The van der Waals surface area contributed by atoms with Crippen molar-refractivity contribution in [1.29, 1.82) is 0 Å². The molecule has 1 N–H and O–H groups in total. The SMILES string of the molecule is CCCC(C)Nc1nc(C(=O)OC)ccc1[N+](=O)[O-]. The summed E-state index contributed by atoms with van der Waals surface area (Å²) < 4.78 is 4.55. The molecule has 1 atom stereocenters. The van der Waals surface area contributed by atoms with Crippen LogP contribution in [-0.2, 0) is 4.74 Å². The number of methoxy groups -OCH3 is 1. The van der Waals surface area contributed by atoms with Gasteiger partial charge in [-0.05, 0) is 19.4 Å². The van der Waals surface area contributed by atoms with E-state index < -0.39 is 10.9 Å². The summed E-state index contributed by atoms with van der Waals surface area (Å²) in [7, 11) is 1.23. The molecule has 0 amide bonds. The van der Waals surface area contributed by atoms with Gasteiger partial charge in [0.15, 0.2) is 5.69 Å². The normalized spacial score (nSPS) is 11.7. The number of anilines is 1.